The van der Waals surface area contributed by atoms with Crippen LogP contribution in [0.25, 0.3) is 0 Å². The van der Waals surface area contributed by atoms with E-state index in [0.717, 1.165) is 31.1 Å². The maximum absolute atomic E-state index is 8.67. The minimum absolute atomic E-state index is 0.0667. The first-order chi connectivity index (χ1) is 8.69. The van der Waals surface area contributed by atoms with Gasteiger partial charge in [0.15, 0.2) is 0 Å². The first kappa shape index (κ1) is 13.6. The monoisotopic (exact) mass is 264 g/mol. The Morgan fingerprint density at radius 1 is 1.44 bits per heavy atom. The van der Waals surface area contributed by atoms with Crippen LogP contribution in [0.4, 0.5) is 0 Å². The highest BCUT2D eigenvalue weighted by atomic mass is 32.1. The van der Waals surface area contributed by atoms with Crippen LogP contribution in [0.3, 0.4) is 0 Å². The van der Waals surface area contributed by atoms with Crippen LogP contribution in [0.1, 0.15) is 16.7 Å². The molecule has 0 bridgehead atoms. The van der Waals surface area contributed by atoms with E-state index in [1.54, 1.807) is 11.3 Å². The van der Waals surface area contributed by atoms with E-state index in [9.17, 15) is 0 Å². The largest absolute Gasteiger partial charge is 0.384 e. The Labute approximate surface area is 113 Å². The average molecular weight is 264 g/mol. The van der Waals surface area contributed by atoms with Crippen molar-refractivity contribution >= 4 is 11.3 Å². The fourth-order valence-electron chi connectivity index (χ4n) is 2.27. The molecule has 1 fully saturated rings. The zero-order chi connectivity index (χ0) is 13.0. The summed E-state index contributed by atoms with van der Waals surface area (Å²) in [4.78, 5) is 7.30. The Hall–Kier alpha value is -0.860. The zero-order valence-corrected chi connectivity index (χ0v) is 11.8. The molecule has 0 aromatic carbocycles. The molecule has 18 heavy (non-hydrogen) atoms. The lowest BCUT2D eigenvalue weighted by Crippen LogP contribution is -2.49. The van der Waals surface area contributed by atoms with Gasteiger partial charge in [0.05, 0.1) is 4.88 Å². The Morgan fingerprint density at radius 2 is 2.28 bits per heavy atom. The molecule has 4 heteroatoms. The molecule has 1 atom stereocenters. The third kappa shape index (κ3) is 3.56. The van der Waals surface area contributed by atoms with Crippen LogP contribution >= 0.6 is 11.3 Å². The molecule has 2 heterocycles. The summed E-state index contributed by atoms with van der Waals surface area (Å²) in [5, 5.41) is 8.67. The van der Waals surface area contributed by atoms with Crippen LogP contribution in [0.15, 0.2) is 12.1 Å². The first-order valence-electron chi connectivity index (χ1n) is 6.30. The number of piperazine rings is 1. The molecule has 0 aliphatic carbocycles. The van der Waals surface area contributed by atoms with E-state index in [4.69, 9.17) is 5.11 Å². The summed E-state index contributed by atoms with van der Waals surface area (Å²) in [5.74, 6) is 5.65. The van der Waals surface area contributed by atoms with E-state index in [1.807, 2.05) is 6.07 Å². The Bertz CT molecular complexity index is 446. The third-order valence-electron chi connectivity index (χ3n) is 3.28. The predicted molar refractivity (Wildman–Crippen MR) is 75.7 cm³/mol. The maximum atomic E-state index is 8.67. The molecule has 1 aliphatic rings. The molecule has 1 aliphatic heterocycles. The van der Waals surface area contributed by atoms with E-state index in [-0.39, 0.29) is 6.61 Å². The summed E-state index contributed by atoms with van der Waals surface area (Å²) in [5.41, 5.74) is 0. The van der Waals surface area contributed by atoms with Crippen molar-refractivity contribution in [3.8, 4) is 11.8 Å². The predicted octanol–water partition coefficient (Wildman–Crippen LogP) is 1.23. The molecule has 98 valence electrons. The Balaban J connectivity index is 1.95. The van der Waals surface area contributed by atoms with Crippen molar-refractivity contribution in [2.24, 2.45) is 0 Å². The van der Waals surface area contributed by atoms with Crippen LogP contribution in [-0.4, -0.2) is 54.2 Å². The lowest BCUT2D eigenvalue weighted by molar-refractivity contribution is 0.0947. The Kier molecular flexibility index (Phi) is 4.79. The molecule has 1 unspecified atom stereocenters. The number of thiophene rings is 1. The summed E-state index contributed by atoms with van der Waals surface area (Å²) < 4.78 is 0. The van der Waals surface area contributed by atoms with Crippen molar-refractivity contribution in [1.82, 2.24) is 9.80 Å². The minimum Gasteiger partial charge on any atom is -0.384 e. The van der Waals surface area contributed by atoms with E-state index in [2.05, 4.69) is 41.7 Å². The molecule has 0 saturated carbocycles. The molecule has 1 saturated heterocycles. The van der Waals surface area contributed by atoms with Gasteiger partial charge in [-0.15, -0.1) is 11.3 Å². The smallest absolute Gasteiger partial charge is 0.104 e. The molecule has 0 amide bonds. The van der Waals surface area contributed by atoms with Gasteiger partial charge < -0.3 is 10.0 Å². The van der Waals surface area contributed by atoms with Gasteiger partial charge in [0.2, 0.25) is 0 Å². The van der Waals surface area contributed by atoms with Gasteiger partial charge in [0, 0.05) is 37.1 Å². The fourth-order valence-corrected chi connectivity index (χ4v) is 3.18. The van der Waals surface area contributed by atoms with Crippen molar-refractivity contribution in [3.63, 3.8) is 0 Å². The second-order valence-electron chi connectivity index (χ2n) is 4.81. The molecule has 3 nitrogen and oxygen atoms in total. The van der Waals surface area contributed by atoms with Gasteiger partial charge in [-0.1, -0.05) is 11.8 Å². The van der Waals surface area contributed by atoms with Crippen LogP contribution in [0, 0.1) is 11.8 Å². The van der Waals surface area contributed by atoms with E-state index < -0.39 is 0 Å². The summed E-state index contributed by atoms with van der Waals surface area (Å²) in [6.45, 7) is 6.65. The normalized spacial score (nSPS) is 21.6. The summed E-state index contributed by atoms with van der Waals surface area (Å²) in [6.07, 6.45) is 0. The highest BCUT2D eigenvalue weighted by Gasteiger charge is 2.21. The lowest BCUT2D eigenvalue weighted by atomic mass is 10.2. The third-order valence-corrected chi connectivity index (χ3v) is 4.26. The van der Waals surface area contributed by atoms with Crippen molar-refractivity contribution in [2.75, 3.05) is 33.3 Å². The van der Waals surface area contributed by atoms with Gasteiger partial charge in [0.1, 0.15) is 6.61 Å². The molecule has 2 rings (SSSR count). The fraction of sp³-hybridized carbons (Fsp3) is 0.571. The topological polar surface area (TPSA) is 26.7 Å². The molecule has 1 N–H and O–H groups in total. The number of nitrogens with zero attached hydrogens (tertiary/aromatic N) is 2. The SMILES string of the molecule is CC1CN(C)CCN1Cc1ccc(C#CCO)s1. The number of hydrogen-bond donors (Lipinski definition) is 1. The molecular formula is C14H20N2OS. The second-order valence-corrected chi connectivity index (χ2v) is 5.98. The van der Waals surface area contributed by atoms with Crippen LogP contribution in [0.5, 0.6) is 0 Å². The quantitative estimate of drug-likeness (QED) is 0.814. The molecular weight excluding hydrogens is 244 g/mol. The van der Waals surface area contributed by atoms with Crippen LogP contribution in [0.2, 0.25) is 0 Å². The second kappa shape index (κ2) is 6.35. The standard InChI is InChI=1S/C14H20N2OS/c1-12-10-15(2)7-8-16(12)11-14-6-5-13(18-14)4-3-9-17/h5-6,12,17H,7-11H2,1-2H3. The number of likely N-dealkylation sites (N-methyl/N-ethyl adjacent to an activating group) is 1. The van der Waals surface area contributed by atoms with Crippen LogP contribution < -0.4 is 0 Å². The highest BCUT2D eigenvalue weighted by molar-refractivity contribution is 7.12. The van der Waals surface area contributed by atoms with Gasteiger partial charge in [-0.05, 0) is 26.1 Å². The number of aliphatic hydroxyl groups is 1. The van der Waals surface area contributed by atoms with E-state index in [1.165, 1.54) is 4.88 Å². The van der Waals surface area contributed by atoms with Gasteiger partial charge in [-0.25, -0.2) is 0 Å². The summed E-state index contributed by atoms with van der Waals surface area (Å²) in [7, 11) is 2.18. The molecule has 0 spiro atoms. The van der Waals surface area contributed by atoms with Gasteiger partial charge >= 0.3 is 0 Å². The highest BCUT2D eigenvalue weighted by Crippen LogP contribution is 2.20. The first-order valence-corrected chi connectivity index (χ1v) is 7.11. The van der Waals surface area contributed by atoms with Gasteiger partial charge in [-0.2, -0.15) is 0 Å². The molecule has 1 aromatic rings. The molecule has 0 radical (unpaired) electrons. The Morgan fingerprint density at radius 3 is 3.00 bits per heavy atom. The lowest BCUT2D eigenvalue weighted by Gasteiger charge is -2.37. The van der Waals surface area contributed by atoms with Crippen molar-refractivity contribution in [2.45, 2.75) is 19.5 Å². The van der Waals surface area contributed by atoms with Crippen molar-refractivity contribution in [3.05, 3.63) is 21.9 Å². The van der Waals surface area contributed by atoms with Gasteiger partial charge in [-0.3, -0.25) is 4.90 Å². The van der Waals surface area contributed by atoms with E-state index >= 15 is 0 Å². The van der Waals surface area contributed by atoms with Crippen molar-refractivity contribution < 1.29 is 5.11 Å². The average Bonchev–Trinajstić information content (AvgIpc) is 2.78. The number of hydrogen-bond acceptors (Lipinski definition) is 4. The van der Waals surface area contributed by atoms with E-state index in [0.29, 0.717) is 6.04 Å². The number of rotatable bonds is 2. The van der Waals surface area contributed by atoms with Gasteiger partial charge in [0.25, 0.3) is 0 Å². The summed E-state index contributed by atoms with van der Waals surface area (Å²) >= 11 is 1.73. The summed E-state index contributed by atoms with van der Waals surface area (Å²) in [6, 6.07) is 4.80. The van der Waals surface area contributed by atoms with Crippen molar-refractivity contribution in [1.29, 1.82) is 0 Å². The number of aliphatic hydroxyl groups excluding tert-OH is 1. The van der Waals surface area contributed by atoms with Crippen LogP contribution in [-0.2, 0) is 6.54 Å². The maximum Gasteiger partial charge on any atom is 0.104 e. The zero-order valence-electron chi connectivity index (χ0n) is 11.0. The minimum atomic E-state index is -0.0667. The molecule has 1 aromatic heterocycles.